The van der Waals surface area contributed by atoms with E-state index in [-0.39, 0.29) is 17.7 Å². The van der Waals surface area contributed by atoms with Crippen LogP contribution in [0, 0.1) is 11.8 Å². The van der Waals surface area contributed by atoms with E-state index >= 15 is 0 Å². The summed E-state index contributed by atoms with van der Waals surface area (Å²) in [6, 6.07) is 7.61. The summed E-state index contributed by atoms with van der Waals surface area (Å²) in [6.45, 7) is 4.86. The normalized spacial score (nSPS) is 16.8. The van der Waals surface area contributed by atoms with Crippen LogP contribution in [0.25, 0.3) is 0 Å². The Bertz CT molecular complexity index is 475. The molecule has 0 aliphatic carbocycles. The van der Waals surface area contributed by atoms with Crippen LogP contribution in [0.1, 0.15) is 29.8 Å². The highest BCUT2D eigenvalue weighted by molar-refractivity contribution is 5.94. The number of carboxylic acid groups (broad SMARTS) is 1. The van der Waals surface area contributed by atoms with Gasteiger partial charge in [-0.1, -0.05) is 26.0 Å². The molecule has 0 spiro atoms. The lowest BCUT2D eigenvalue weighted by Crippen LogP contribution is -2.53. The molecule has 1 aliphatic heterocycles. The number of rotatable bonds is 4. The van der Waals surface area contributed by atoms with Crippen LogP contribution in [0.15, 0.2) is 24.3 Å². The maximum Gasteiger partial charge on any atom is 0.306 e. The minimum Gasteiger partial charge on any atom is -0.481 e. The van der Waals surface area contributed by atoms with Crippen LogP contribution in [-0.4, -0.2) is 35.0 Å². The van der Waals surface area contributed by atoms with Gasteiger partial charge in [0.2, 0.25) is 0 Å². The van der Waals surface area contributed by atoms with Crippen molar-refractivity contribution in [3.63, 3.8) is 0 Å². The number of carbonyl (C=O) groups is 2. The Morgan fingerprint density at radius 3 is 2.37 bits per heavy atom. The number of nitrogens with zero attached hydrogens (tertiary/aromatic N) is 1. The summed E-state index contributed by atoms with van der Waals surface area (Å²) in [7, 11) is 0. The number of aryl methyl sites for hydroxylation is 1. The Morgan fingerprint density at radius 1 is 1.32 bits per heavy atom. The summed E-state index contributed by atoms with van der Waals surface area (Å²) >= 11 is 0. The Kier molecular flexibility index (Phi) is 3.88. The average Bonchev–Trinajstić information content (AvgIpc) is 2.36. The zero-order valence-electron chi connectivity index (χ0n) is 11.3. The number of hydrogen-bond acceptors (Lipinski definition) is 2. The zero-order valence-corrected chi connectivity index (χ0v) is 11.3. The average molecular weight is 261 g/mol. The fourth-order valence-corrected chi connectivity index (χ4v) is 2.26. The van der Waals surface area contributed by atoms with E-state index in [0.29, 0.717) is 18.7 Å². The largest absolute Gasteiger partial charge is 0.481 e. The van der Waals surface area contributed by atoms with Crippen LogP contribution < -0.4 is 0 Å². The highest BCUT2D eigenvalue weighted by Gasteiger charge is 2.37. The Labute approximate surface area is 113 Å². The van der Waals surface area contributed by atoms with Crippen molar-refractivity contribution < 1.29 is 14.7 Å². The molecule has 0 saturated carbocycles. The van der Waals surface area contributed by atoms with Crippen LogP contribution in [0.2, 0.25) is 0 Å². The smallest absolute Gasteiger partial charge is 0.306 e. The van der Waals surface area contributed by atoms with Gasteiger partial charge in [0.1, 0.15) is 0 Å². The lowest BCUT2D eigenvalue weighted by atomic mass is 9.86. The van der Waals surface area contributed by atoms with E-state index in [2.05, 4.69) is 6.92 Å². The fourth-order valence-electron chi connectivity index (χ4n) is 2.26. The second-order valence-corrected chi connectivity index (χ2v) is 5.15. The minimum absolute atomic E-state index is 0.00325. The van der Waals surface area contributed by atoms with Crippen molar-refractivity contribution in [1.82, 2.24) is 4.90 Å². The maximum absolute atomic E-state index is 12.1. The van der Waals surface area contributed by atoms with Crippen LogP contribution >= 0.6 is 0 Å². The van der Waals surface area contributed by atoms with Crippen LogP contribution in [0.3, 0.4) is 0 Å². The van der Waals surface area contributed by atoms with Gasteiger partial charge >= 0.3 is 5.97 Å². The highest BCUT2D eigenvalue weighted by Crippen LogP contribution is 2.25. The van der Waals surface area contributed by atoms with Crippen LogP contribution in [0.4, 0.5) is 0 Å². The van der Waals surface area contributed by atoms with Gasteiger partial charge in [0.15, 0.2) is 0 Å². The van der Waals surface area contributed by atoms with Gasteiger partial charge in [0.05, 0.1) is 5.92 Å². The van der Waals surface area contributed by atoms with E-state index in [0.717, 1.165) is 6.42 Å². The molecule has 1 unspecified atom stereocenters. The summed E-state index contributed by atoms with van der Waals surface area (Å²) < 4.78 is 0. The number of hydrogen-bond donors (Lipinski definition) is 1. The lowest BCUT2D eigenvalue weighted by molar-refractivity contribution is -0.144. The van der Waals surface area contributed by atoms with E-state index in [4.69, 9.17) is 5.11 Å². The van der Waals surface area contributed by atoms with Gasteiger partial charge in [-0.25, -0.2) is 0 Å². The van der Waals surface area contributed by atoms with Gasteiger partial charge in [-0.05, 0) is 24.1 Å². The van der Waals surface area contributed by atoms with E-state index in [9.17, 15) is 9.59 Å². The second kappa shape index (κ2) is 5.43. The Balaban J connectivity index is 1.94. The molecule has 4 heteroatoms. The van der Waals surface area contributed by atoms with Crippen molar-refractivity contribution in [3.05, 3.63) is 35.4 Å². The molecule has 0 bridgehead atoms. The van der Waals surface area contributed by atoms with Gasteiger partial charge < -0.3 is 10.0 Å². The Morgan fingerprint density at radius 2 is 1.89 bits per heavy atom. The molecule has 1 atom stereocenters. The van der Waals surface area contributed by atoms with E-state index in [1.807, 2.05) is 24.3 Å². The van der Waals surface area contributed by atoms with Crippen molar-refractivity contribution in [2.45, 2.75) is 20.3 Å². The number of carboxylic acids is 1. The highest BCUT2D eigenvalue weighted by atomic mass is 16.4. The predicted octanol–water partition coefficient (Wildman–Crippen LogP) is 2.04. The van der Waals surface area contributed by atoms with E-state index < -0.39 is 5.97 Å². The van der Waals surface area contributed by atoms with Crippen molar-refractivity contribution >= 4 is 11.9 Å². The summed E-state index contributed by atoms with van der Waals surface area (Å²) in [5, 5.41) is 8.91. The van der Waals surface area contributed by atoms with Gasteiger partial charge in [0, 0.05) is 24.6 Å². The lowest BCUT2D eigenvalue weighted by Gasteiger charge is -2.41. The first-order chi connectivity index (χ1) is 9.02. The number of benzene rings is 1. The quantitative estimate of drug-likeness (QED) is 0.902. The van der Waals surface area contributed by atoms with Gasteiger partial charge in [0.25, 0.3) is 5.91 Å². The number of aliphatic carboxylic acids is 1. The van der Waals surface area contributed by atoms with Crippen molar-refractivity contribution in [2.75, 3.05) is 13.1 Å². The van der Waals surface area contributed by atoms with Crippen molar-refractivity contribution in [3.8, 4) is 0 Å². The van der Waals surface area contributed by atoms with Crippen LogP contribution in [-0.2, 0) is 11.2 Å². The van der Waals surface area contributed by atoms with Crippen molar-refractivity contribution in [2.24, 2.45) is 11.8 Å². The molecule has 1 saturated heterocycles. The first-order valence-corrected chi connectivity index (χ1v) is 6.64. The number of likely N-dealkylation sites (tertiary alicyclic amines) is 1. The van der Waals surface area contributed by atoms with Gasteiger partial charge in [-0.3, -0.25) is 9.59 Å². The third kappa shape index (κ3) is 2.78. The molecular weight excluding hydrogens is 242 g/mol. The molecule has 1 aliphatic rings. The predicted molar refractivity (Wildman–Crippen MR) is 72.0 cm³/mol. The van der Waals surface area contributed by atoms with E-state index in [1.54, 1.807) is 11.8 Å². The molecule has 1 aromatic rings. The third-order valence-corrected chi connectivity index (χ3v) is 3.90. The summed E-state index contributed by atoms with van der Waals surface area (Å²) in [5.41, 5.74) is 1.89. The zero-order chi connectivity index (χ0) is 14.0. The van der Waals surface area contributed by atoms with Gasteiger partial charge in [-0.15, -0.1) is 0 Å². The van der Waals surface area contributed by atoms with Crippen LogP contribution in [0.5, 0.6) is 0 Å². The molecule has 102 valence electrons. The first kappa shape index (κ1) is 13.6. The molecule has 0 aromatic heterocycles. The Hall–Kier alpha value is -1.84. The molecule has 1 fully saturated rings. The molecule has 2 rings (SSSR count). The summed E-state index contributed by atoms with van der Waals surface area (Å²) in [4.78, 5) is 24.7. The molecule has 0 radical (unpaired) electrons. The number of amides is 1. The third-order valence-electron chi connectivity index (χ3n) is 3.90. The monoisotopic (exact) mass is 261 g/mol. The van der Waals surface area contributed by atoms with E-state index in [1.165, 1.54) is 5.56 Å². The topological polar surface area (TPSA) is 57.6 Å². The summed E-state index contributed by atoms with van der Waals surface area (Å²) in [6.07, 6.45) is 0.955. The standard InChI is InChI=1S/C15H19NO3/c1-3-11-4-6-12(7-5-11)14(17)16-8-13(9-16)10(2)15(18)19/h4-7,10,13H,3,8-9H2,1-2H3,(H,18,19). The minimum atomic E-state index is -0.788. The molecule has 1 aromatic carbocycles. The fraction of sp³-hybridized carbons (Fsp3) is 0.467. The molecule has 1 amide bonds. The number of carbonyl (C=O) groups excluding carboxylic acids is 1. The molecule has 4 nitrogen and oxygen atoms in total. The SMILES string of the molecule is CCc1ccc(C(=O)N2CC(C(C)C(=O)O)C2)cc1. The molecule has 19 heavy (non-hydrogen) atoms. The second-order valence-electron chi connectivity index (χ2n) is 5.15. The maximum atomic E-state index is 12.1. The summed E-state index contributed by atoms with van der Waals surface area (Å²) in [5.74, 6) is -1.09. The van der Waals surface area contributed by atoms with Gasteiger partial charge in [-0.2, -0.15) is 0 Å². The van der Waals surface area contributed by atoms with Crippen molar-refractivity contribution in [1.29, 1.82) is 0 Å². The molecule has 1 N–H and O–H groups in total. The first-order valence-electron chi connectivity index (χ1n) is 6.64. The molecule has 1 heterocycles. The molecular formula is C15H19NO3.